The van der Waals surface area contributed by atoms with Crippen molar-refractivity contribution in [3.8, 4) is 0 Å². The fourth-order valence-corrected chi connectivity index (χ4v) is 3.50. The largest absolute Gasteiger partial charge is 0.442 e. The number of hydrogen-bond acceptors (Lipinski definition) is 6. The number of carbonyl (C=O) groups excluding carboxylic acids is 1. The van der Waals surface area contributed by atoms with Crippen molar-refractivity contribution in [2.75, 3.05) is 13.7 Å². The average Bonchev–Trinajstić information content (AvgIpc) is 3.18. The Kier molecular flexibility index (Phi) is 6.17. The summed E-state index contributed by atoms with van der Waals surface area (Å²) < 4.78 is 14.0. The second-order valence-electron chi connectivity index (χ2n) is 6.95. The van der Waals surface area contributed by atoms with E-state index in [-0.39, 0.29) is 28.1 Å². The molecule has 3 heterocycles. The smallest absolute Gasteiger partial charge is 0.265 e. The molecule has 0 aliphatic heterocycles. The van der Waals surface area contributed by atoms with Crippen molar-refractivity contribution in [2.45, 2.75) is 53.8 Å². The van der Waals surface area contributed by atoms with Crippen LogP contribution >= 0.6 is 0 Å². The van der Waals surface area contributed by atoms with Crippen molar-refractivity contribution in [2.24, 2.45) is 0 Å². The van der Waals surface area contributed by atoms with Crippen molar-refractivity contribution in [1.29, 1.82) is 0 Å². The van der Waals surface area contributed by atoms with E-state index in [2.05, 4.69) is 15.4 Å². The molecule has 0 spiro atoms. The molecular formula is C20H27N5O4. The molecule has 0 fully saturated rings. The minimum atomic E-state index is -0.363. The number of hydrogen-bond donors (Lipinski definition) is 1. The standard InChI is InChI=1S/C20H27N5O4/c1-6-25-13(3)15(12(2)23-25)10-21-18(26)16-14(4)29-19-17(16)20(27)24(11-22-19)8-7-9-28-5/h11H,6-10H2,1-5H3,(H,21,26). The molecule has 3 aromatic rings. The Morgan fingerprint density at radius 2 is 2.07 bits per heavy atom. The number of fused-ring (bicyclic) bond motifs is 1. The Balaban J connectivity index is 1.89. The SMILES string of the molecule is CCn1nc(C)c(CNC(=O)c2c(C)oc3ncn(CCCOC)c(=O)c23)c1C. The maximum atomic E-state index is 12.9. The minimum absolute atomic E-state index is 0.173. The van der Waals surface area contributed by atoms with Gasteiger partial charge in [0, 0.05) is 44.6 Å². The molecule has 156 valence electrons. The normalized spacial score (nSPS) is 11.3. The van der Waals surface area contributed by atoms with Crippen LogP contribution in [0.3, 0.4) is 0 Å². The van der Waals surface area contributed by atoms with Crippen LogP contribution in [-0.2, 0) is 24.4 Å². The van der Waals surface area contributed by atoms with E-state index in [1.165, 1.54) is 10.9 Å². The van der Waals surface area contributed by atoms with Gasteiger partial charge in [-0.25, -0.2) is 4.98 Å². The summed E-state index contributed by atoms with van der Waals surface area (Å²) >= 11 is 0. The predicted octanol–water partition coefficient (Wildman–Crippen LogP) is 2.10. The zero-order valence-electron chi connectivity index (χ0n) is 17.5. The van der Waals surface area contributed by atoms with Crippen molar-refractivity contribution in [3.05, 3.63) is 45.0 Å². The number of ether oxygens (including phenoxy) is 1. The van der Waals surface area contributed by atoms with E-state index in [1.54, 1.807) is 14.0 Å². The summed E-state index contributed by atoms with van der Waals surface area (Å²) in [6, 6.07) is 0. The molecule has 0 aliphatic rings. The van der Waals surface area contributed by atoms with Gasteiger partial charge in [-0.2, -0.15) is 5.10 Å². The Morgan fingerprint density at radius 1 is 1.31 bits per heavy atom. The third-order valence-electron chi connectivity index (χ3n) is 5.09. The van der Waals surface area contributed by atoms with Gasteiger partial charge in [0.1, 0.15) is 17.5 Å². The highest BCUT2D eigenvalue weighted by Crippen LogP contribution is 2.21. The van der Waals surface area contributed by atoms with E-state index in [9.17, 15) is 9.59 Å². The molecule has 0 bridgehead atoms. The molecule has 0 unspecified atom stereocenters. The third-order valence-corrected chi connectivity index (χ3v) is 5.09. The predicted molar refractivity (Wildman–Crippen MR) is 108 cm³/mol. The quantitative estimate of drug-likeness (QED) is 0.580. The number of aryl methyl sites for hydroxylation is 4. The lowest BCUT2D eigenvalue weighted by Gasteiger charge is -2.07. The number of nitrogens with zero attached hydrogens (tertiary/aromatic N) is 4. The van der Waals surface area contributed by atoms with E-state index in [0.29, 0.717) is 31.9 Å². The fourth-order valence-electron chi connectivity index (χ4n) is 3.50. The first kappa shape index (κ1) is 20.8. The number of aromatic nitrogens is 4. The lowest BCUT2D eigenvalue weighted by molar-refractivity contribution is 0.0950. The highest BCUT2D eigenvalue weighted by atomic mass is 16.5. The molecule has 0 saturated carbocycles. The number of methoxy groups -OCH3 is 1. The number of nitrogens with one attached hydrogen (secondary N) is 1. The van der Waals surface area contributed by atoms with Crippen molar-refractivity contribution < 1.29 is 13.9 Å². The minimum Gasteiger partial charge on any atom is -0.442 e. The van der Waals surface area contributed by atoms with Crippen LogP contribution in [-0.4, -0.2) is 39.0 Å². The van der Waals surface area contributed by atoms with Gasteiger partial charge in [-0.1, -0.05) is 0 Å². The summed E-state index contributed by atoms with van der Waals surface area (Å²) in [4.78, 5) is 30.1. The summed E-state index contributed by atoms with van der Waals surface area (Å²) in [5, 5.41) is 7.58. The van der Waals surface area contributed by atoms with Crippen LogP contribution in [0.4, 0.5) is 0 Å². The van der Waals surface area contributed by atoms with Crippen molar-refractivity contribution >= 4 is 17.0 Å². The monoisotopic (exact) mass is 401 g/mol. The second-order valence-corrected chi connectivity index (χ2v) is 6.95. The molecule has 9 nitrogen and oxygen atoms in total. The molecule has 3 rings (SSSR count). The highest BCUT2D eigenvalue weighted by molar-refractivity contribution is 6.06. The lowest BCUT2D eigenvalue weighted by Crippen LogP contribution is -2.27. The highest BCUT2D eigenvalue weighted by Gasteiger charge is 2.23. The van der Waals surface area contributed by atoms with Crippen molar-refractivity contribution in [3.63, 3.8) is 0 Å². The summed E-state index contributed by atoms with van der Waals surface area (Å²) in [6.07, 6.45) is 2.11. The van der Waals surface area contributed by atoms with Crippen LogP contribution in [0.25, 0.3) is 11.1 Å². The summed E-state index contributed by atoms with van der Waals surface area (Å²) in [5.41, 5.74) is 2.98. The van der Waals surface area contributed by atoms with Gasteiger partial charge in [0.25, 0.3) is 11.5 Å². The zero-order valence-corrected chi connectivity index (χ0v) is 17.5. The topological polar surface area (TPSA) is 104 Å². The number of amides is 1. The molecule has 0 aromatic carbocycles. The van der Waals surface area contributed by atoms with Gasteiger partial charge in [-0.15, -0.1) is 0 Å². The molecule has 0 aliphatic carbocycles. The lowest BCUT2D eigenvalue weighted by atomic mass is 10.1. The van der Waals surface area contributed by atoms with E-state index in [4.69, 9.17) is 9.15 Å². The zero-order chi connectivity index (χ0) is 21.1. The fraction of sp³-hybridized carbons (Fsp3) is 0.500. The summed E-state index contributed by atoms with van der Waals surface area (Å²) in [6.45, 7) is 9.66. The number of carbonyl (C=O) groups is 1. The van der Waals surface area contributed by atoms with Gasteiger partial charge in [-0.05, 0) is 34.1 Å². The average molecular weight is 401 g/mol. The van der Waals surface area contributed by atoms with Crippen LogP contribution in [0.5, 0.6) is 0 Å². The Hall–Kier alpha value is -2.94. The van der Waals surface area contributed by atoms with Crippen LogP contribution in [0.1, 0.15) is 46.4 Å². The van der Waals surface area contributed by atoms with Crippen LogP contribution in [0, 0.1) is 20.8 Å². The molecular weight excluding hydrogens is 374 g/mol. The summed E-state index contributed by atoms with van der Waals surface area (Å²) in [5.74, 6) is 0.00674. The second kappa shape index (κ2) is 8.60. The Morgan fingerprint density at radius 3 is 2.72 bits per heavy atom. The van der Waals surface area contributed by atoms with Gasteiger partial charge in [0.2, 0.25) is 5.71 Å². The van der Waals surface area contributed by atoms with E-state index < -0.39 is 0 Å². The Bertz CT molecular complexity index is 1090. The maximum Gasteiger partial charge on any atom is 0.265 e. The first-order valence-electron chi connectivity index (χ1n) is 9.67. The maximum absolute atomic E-state index is 12.9. The Labute approximate surface area is 168 Å². The molecule has 1 N–H and O–H groups in total. The van der Waals surface area contributed by atoms with Gasteiger partial charge in [-0.3, -0.25) is 18.8 Å². The molecule has 29 heavy (non-hydrogen) atoms. The van der Waals surface area contributed by atoms with Gasteiger partial charge < -0.3 is 14.5 Å². The third kappa shape index (κ3) is 3.95. The van der Waals surface area contributed by atoms with E-state index >= 15 is 0 Å². The first-order valence-corrected chi connectivity index (χ1v) is 9.67. The molecule has 0 atom stereocenters. The van der Waals surface area contributed by atoms with Crippen LogP contribution in [0.2, 0.25) is 0 Å². The van der Waals surface area contributed by atoms with E-state index in [1.807, 2.05) is 25.5 Å². The molecule has 9 heteroatoms. The number of rotatable bonds is 8. The molecule has 1 amide bonds. The van der Waals surface area contributed by atoms with Gasteiger partial charge in [0.05, 0.1) is 11.3 Å². The van der Waals surface area contributed by atoms with Crippen molar-refractivity contribution in [1.82, 2.24) is 24.6 Å². The van der Waals surface area contributed by atoms with Crippen LogP contribution in [0.15, 0.2) is 15.5 Å². The van der Waals surface area contributed by atoms with E-state index in [0.717, 1.165) is 23.5 Å². The number of furan rings is 1. The van der Waals surface area contributed by atoms with Gasteiger partial charge in [0.15, 0.2) is 0 Å². The summed E-state index contributed by atoms with van der Waals surface area (Å²) in [7, 11) is 1.61. The molecule has 0 radical (unpaired) electrons. The molecule has 0 saturated heterocycles. The molecule has 3 aromatic heterocycles. The van der Waals surface area contributed by atoms with Gasteiger partial charge >= 0.3 is 0 Å². The van der Waals surface area contributed by atoms with Crippen LogP contribution < -0.4 is 10.9 Å². The first-order chi connectivity index (χ1) is 13.9.